The van der Waals surface area contributed by atoms with Gasteiger partial charge in [-0.1, -0.05) is 6.42 Å². The Labute approximate surface area is 110 Å². The molecule has 0 aromatic carbocycles. The van der Waals surface area contributed by atoms with Gasteiger partial charge in [-0.15, -0.1) is 0 Å². The molecular weight excluding hydrogens is 224 g/mol. The first-order valence-corrected chi connectivity index (χ1v) is 7.24. The molecule has 0 amide bonds. The number of hydrogen-bond donors (Lipinski definition) is 0. The third-order valence-corrected chi connectivity index (χ3v) is 4.54. The first-order valence-electron chi connectivity index (χ1n) is 7.24. The maximum atomic E-state index is 4.32. The predicted molar refractivity (Wildman–Crippen MR) is 72.6 cm³/mol. The van der Waals surface area contributed by atoms with E-state index in [9.17, 15) is 0 Å². The van der Waals surface area contributed by atoms with Gasteiger partial charge in [0.1, 0.15) is 0 Å². The van der Waals surface area contributed by atoms with E-state index in [1.807, 2.05) is 12.3 Å². The van der Waals surface area contributed by atoms with Gasteiger partial charge < -0.3 is 4.90 Å². The Morgan fingerprint density at radius 2 is 2.17 bits per heavy atom. The second kappa shape index (κ2) is 5.41. The van der Waals surface area contributed by atoms with Gasteiger partial charge in [0, 0.05) is 31.5 Å². The molecule has 0 radical (unpaired) electrons. The summed E-state index contributed by atoms with van der Waals surface area (Å²) in [6, 6.07) is 3.45. The molecule has 0 spiro atoms. The fraction of sp³-hybridized carbons (Fsp3) is 0.786. The Bertz CT molecular complexity index is 356. The standard InChI is InChI=1S/C14H24N4/c1-16-8-3-2-5-13(16)6-10-17-11-14(12-17)18-9-4-7-15-18/h4,7,9,13-14H,2-3,5-6,8,10-12H2,1H3. The average Bonchev–Trinajstić information content (AvgIpc) is 2.83. The lowest BCUT2D eigenvalue weighted by atomic mass is 9.99. The van der Waals surface area contributed by atoms with Crippen LogP contribution in [0.5, 0.6) is 0 Å². The van der Waals surface area contributed by atoms with Crippen molar-refractivity contribution < 1.29 is 0 Å². The minimum absolute atomic E-state index is 0.615. The minimum atomic E-state index is 0.615. The van der Waals surface area contributed by atoms with Gasteiger partial charge in [-0.2, -0.15) is 5.10 Å². The highest BCUT2D eigenvalue weighted by atomic mass is 15.4. The van der Waals surface area contributed by atoms with Crippen LogP contribution in [0.25, 0.3) is 0 Å². The minimum Gasteiger partial charge on any atom is -0.303 e. The highest BCUT2D eigenvalue weighted by molar-refractivity contribution is 4.90. The summed E-state index contributed by atoms with van der Waals surface area (Å²) in [5, 5.41) is 4.32. The molecule has 18 heavy (non-hydrogen) atoms. The Morgan fingerprint density at radius 1 is 1.28 bits per heavy atom. The van der Waals surface area contributed by atoms with Crippen LogP contribution in [0.4, 0.5) is 0 Å². The molecule has 1 atom stereocenters. The highest BCUT2D eigenvalue weighted by Crippen LogP contribution is 2.23. The number of aromatic nitrogens is 2. The zero-order chi connectivity index (χ0) is 12.4. The molecule has 100 valence electrons. The summed E-state index contributed by atoms with van der Waals surface area (Å²) in [6.45, 7) is 4.91. The molecule has 2 saturated heterocycles. The van der Waals surface area contributed by atoms with Gasteiger partial charge >= 0.3 is 0 Å². The summed E-state index contributed by atoms with van der Waals surface area (Å²) in [7, 11) is 2.28. The monoisotopic (exact) mass is 248 g/mol. The molecule has 1 aromatic heterocycles. The summed E-state index contributed by atoms with van der Waals surface area (Å²) in [5.74, 6) is 0. The van der Waals surface area contributed by atoms with Crippen molar-refractivity contribution in [1.29, 1.82) is 0 Å². The third kappa shape index (κ3) is 2.59. The zero-order valence-electron chi connectivity index (χ0n) is 11.3. The van der Waals surface area contributed by atoms with E-state index in [2.05, 4.69) is 32.8 Å². The van der Waals surface area contributed by atoms with E-state index < -0.39 is 0 Å². The summed E-state index contributed by atoms with van der Waals surface area (Å²) < 4.78 is 2.10. The van der Waals surface area contributed by atoms with Gasteiger partial charge in [-0.3, -0.25) is 9.58 Å². The van der Waals surface area contributed by atoms with Crippen LogP contribution < -0.4 is 0 Å². The molecule has 0 bridgehead atoms. The Morgan fingerprint density at radius 3 is 2.89 bits per heavy atom. The van der Waals surface area contributed by atoms with E-state index in [0.29, 0.717) is 6.04 Å². The topological polar surface area (TPSA) is 24.3 Å². The van der Waals surface area contributed by atoms with Gasteiger partial charge in [0.15, 0.2) is 0 Å². The van der Waals surface area contributed by atoms with Crippen LogP contribution in [0.2, 0.25) is 0 Å². The smallest absolute Gasteiger partial charge is 0.0772 e. The molecule has 0 aliphatic carbocycles. The van der Waals surface area contributed by atoms with E-state index in [1.165, 1.54) is 51.9 Å². The first kappa shape index (κ1) is 12.2. The molecule has 2 aliphatic rings. The molecule has 4 nitrogen and oxygen atoms in total. The fourth-order valence-corrected chi connectivity index (χ4v) is 3.23. The molecule has 0 N–H and O–H groups in total. The van der Waals surface area contributed by atoms with E-state index >= 15 is 0 Å². The van der Waals surface area contributed by atoms with E-state index in [-0.39, 0.29) is 0 Å². The highest BCUT2D eigenvalue weighted by Gasteiger charge is 2.29. The summed E-state index contributed by atoms with van der Waals surface area (Å²) in [4.78, 5) is 5.11. The van der Waals surface area contributed by atoms with Crippen molar-refractivity contribution in [3.8, 4) is 0 Å². The first-order chi connectivity index (χ1) is 8.83. The van der Waals surface area contributed by atoms with Gasteiger partial charge in [0.2, 0.25) is 0 Å². The molecule has 4 heteroatoms. The van der Waals surface area contributed by atoms with Crippen molar-refractivity contribution in [2.45, 2.75) is 37.8 Å². The van der Waals surface area contributed by atoms with Crippen LogP contribution in [0.3, 0.4) is 0 Å². The maximum absolute atomic E-state index is 4.32. The van der Waals surface area contributed by atoms with Gasteiger partial charge in [0.05, 0.1) is 6.04 Å². The van der Waals surface area contributed by atoms with E-state index in [0.717, 1.165) is 6.04 Å². The third-order valence-electron chi connectivity index (χ3n) is 4.54. The zero-order valence-corrected chi connectivity index (χ0v) is 11.3. The van der Waals surface area contributed by atoms with Crippen molar-refractivity contribution in [2.24, 2.45) is 0 Å². The second-order valence-electron chi connectivity index (χ2n) is 5.82. The summed E-state index contributed by atoms with van der Waals surface area (Å²) in [6.07, 6.45) is 9.49. The van der Waals surface area contributed by atoms with Crippen LogP contribution in [-0.2, 0) is 0 Å². The van der Waals surface area contributed by atoms with E-state index in [4.69, 9.17) is 0 Å². The number of nitrogens with zero attached hydrogens (tertiary/aromatic N) is 4. The average molecular weight is 248 g/mol. The molecule has 1 aromatic rings. The number of hydrogen-bond acceptors (Lipinski definition) is 3. The maximum Gasteiger partial charge on any atom is 0.0772 e. The Balaban J connectivity index is 1.38. The summed E-state index contributed by atoms with van der Waals surface area (Å²) >= 11 is 0. The van der Waals surface area contributed by atoms with Crippen LogP contribution in [0, 0.1) is 0 Å². The molecule has 0 saturated carbocycles. The lowest BCUT2D eigenvalue weighted by Gasteiger charge is -2.41. The molecule has 2 fully saturated rings. The number of piperidine rings is 1. The van der Waals surface area contributed by atoms with Crippen LogP contribution in [-0.4, -0.2) is 58.8 Å². The van der Waals surface area contributed by atoms with Gasteiger partial charge in [0.25, 0.3) is 0 Å². The normalized spacial score (nSPS) is 27.3. The van der Waals surface area contributed by atoms with Crippen molar-refractivity contribution in [2.75, 3.05) is 33.2 Å². The van der Waals surface area contributed by atoms with E-state index in [1.54, 1.807) is 0 Å². The molecule has 1 unspecified atom stereocenters. The summed E-state index contributed by atoms with van der Waals surface area (Å²) in [5.41, 5.74) is 0. The predicted octanol–water partition coefficient (Wildman–Crippen LogP) is 1.61. The Kier molecular flexibility index (Phi) is 3.66. The van der Waals surface area contributed by atoms with Crippen LogP contribution in [0.1, 0.15) is 31.7 Å². The van der Waals surface area contributed by atoms with Crippen molar-refractivity contribution in [1.82, 2.24) is 19.6 Å². The molecule has 3 rings (SSSR count). The SMILES string of the molecule is CN1CCCCC1CCN1CC(n2cccn2)C1. The van der Waals surface area contributed by atoms with Crippen molar-refractivity contribution >= 4 is 0 Å². The molecule has 3 heterocycles. The van der Waals surface area contributed by atoms with Crippen LogP contribution in [0.15, 0.2) is 18.5 Å². The Hall–Kier alpha value is -0.870. The van der Waals surface area contributed by atoms with Gasteiger partial charge in [-0.05, 0) is 45.5 Å². The molecular formula is C14H24N4. The number of rotatable bonds is 4. The quantitative estimate of drug-likeness (QED) is 0.809. The lowest BCUT2D eigenvalue weighted by Crippen LogP contribution is -2.49. The molecule has 2 aliphatic heterocycles. The van der Waals surface area contributed by atoms with Crippen molar-refractivity contribution in [3.63, 3.8) is 0 Å². The van der Waals surface area contributed by atoms with Crippen LogP contribution >= 0.6 is 0 Å². The second-order valence-corrected chi connectivity index (χ2v) is 5.82. The lowest BCUT2D eigenvalue weighted by molar-refractivity contribution is 0.0786. The van der Waals surface area contributed by atoms with Crippen molar-refractivity contribution in [3.05, 3.63) is 18.5 Å². The van der Waals surface area contributed by atoms with Gasteiger partial charge in [-0.25, -0.2) is 0 Å². The number of likely N-dealkylation sites (tertiary alicyclic amines) is 2. The largest absolute Gasteiger partial charge is 0.303 e. The fourth-order valence-electron chi connectivity index (χ4n) is 3.23.